The molecule has 0 aromatic rings. The minimum atomic E-state index is -0.409. The number of halogens is 1. The van der Waals surface area contributed by atoms with E-state index in [1.807, 2.05) is 13.8 Å². The average Bonchev–Trinajstić information content (AvgIpc) is 2.64. The van der Waals surface area contributed by atoms with E-state index in [0.29, 0.717) is 0 Å². The molecule has 0 N–H and O–H groups in total. The van der Waals surface area contributed by atoms with Crippen molar-refractivity contribution < 1.29 is 14.3 Å². The predicted molar refractivity (Wildman–Crippen MR) is 52.8 cm³/mol. The van der Waals surface area contributed by atoms with Crippen molar-refractivity contribution in [2.45, 2.75) is 13.8 Å². The van der Waals surface area contributed by atoms with Gasteiger partial charge in [-0.2, -0.15) is 0 Å². The highest BCUT2D eigenvalue weighted by atomic mass is 35.5. The topological polar surface area (TPSA) is 43.4 Å². The predicted octanol–water partition coefficient (Wildman–Crippen LogP) is 1.75. The van der Waals surface area contributed by atoms with Gasteiger partial charge in [0, 0.05) is 12.0 Å². The van der Waals surface area contributed by atoms with Crippen LogP contribution in [0.5, 0.6) is 0 Å². The number of hydrogen-bond donors (Lipinski definition) is 0. The van der Waals surface area contributed by atoms with Crippen LogP contribution in [0.1, 0.15) is 13.8 Å². The fraction of sp³-hybridized carbons (Fsp3) is 0.600. The van der Waals surface area contributed by atoms with Crippen LogP contribution in [-0.4, -0.2) is 18.3 Å². The number of carbonyl (C=O) groups is 2. The lowest BCUT2D eigenvalue weighted by Gasteiger charge is -1.96. The van der Waals surface area contributed by atoms with Crippen LogP contribution in [0, 0.1) is 17.3 Å². The van der Waals surface area contributed by atoms with Crippen LogP contribution >= 0.6 is 11.6 Å². The summed E-state index contributed by atoms with van der Waals surface area (Å²) in [5.74, 6) is -0.537. The number of methoxy groups -OCH3 is 1. The third-order valence-electron chi connectivity index (χ3n) is 2.80. The van der Waals surface area contributed by atoms with E-state index in [4.69, 9.17) is 11.6 Å². The van der Waals surface area contributed by atoms with E-state index < -0.39 is 5.97 Å². The largest absolute Gasteiger partial charge is 0.466 e. The van der Waals surface area contributed by atoms with Crippen LogP contribution < -0.4 is 0 Å². The first-order chi connectivity index (χ1) is 6.41. The van der Waals surface area contributed by atoms with Gasteiger partial charge in [0.05, 0.1) is 7.11 Å². The summed E-state index contributed by atoms with van der Waals surface area (Å²) >= 11 is 5.41. The number of carbonyl (C=O) groups excluding carboxylic acids is 2. The maximum atomic E-state index is 11.0. The molecule has 2 atom stereocenters. The van der Waals surface area contributed by atoms with E-state index in [1.54, 1.807) is 6.08 Å². The highest BCUT2D eigenvalue weighted by Gasteiger charge is 2.59. The first-order valence-electron chi connectivity index (χ1n) is 4.36. The van der Waals surface area contributed by atoms with Gasteiger partial charge in [0.2, 0.25) is 5.24 Å². The van der Waals surface area contributed by atoms with Crippen molar-refractivity contribution in [2.75, 3.05) is 7.11 Å². The van der Waals surface area contributed by atoms with Crippen LogP contribution in [0.2, 0.25) is 0 Å². The number of allylic oxidation sites excluding steroid dienone is 1. The lowest BCUT2D eigenvalue weighted by molar-refractivity contribution is -0.134. The minimum Gasteiger partial charge on any atom is -0.466 e. The molecule has 78 valence electrons. The van der Waals surface area contributed by atoms with Gasteiger partial charge in [0.1, 0.15) is 0 Å². The molecule has 1 saturated carbocycles. The maximum absolute atomic E-state index is 11.0. The van der Waals surface area contributed by atoms with Gasteiger partial charge in [0.25, 0.3) is 0 Å². The Bertz CT molecular complexity index is 294. The van der Waals surface area contributed by atoms with Crippen LogP contribution in [0.4, 0.5) is 0 Å². The molecule has 1 aliphatic carbocycles. The van der Waals surface area contributed by atoms with E-state index in [1.165, 1.54) is 13.2 Å². The third kappa shape index (κ3) is 1.98. The second kappa shape index (κ2) is 3.73. The molecule has 3 nitrogen and oxygen atoms in total. The normalized spacial score (nSPS) is 28.9. The first-order valence-corrected chi connectivity index (χ1v) is 4.74. The van der Waals surface area contributed by atoms with Crippen molar-refractivity contribution in [3.8, 4) is 0 Å². The monoisotopic (exact) mass is 216 g/mol. The van der Waals surface area contributed by atoms with Gasteiger partial charge >= 0.3 is 5.97 Å². The van der Waals surface area contributed by atoms with E-state index >= 15 is 0 Å². The number of ether oxygens (including phenoxy) is 1. The molecule has 1 rings (SSSR count). The van der Waals surface area contributed by atoms with E-state index in [0.717, 1.165) is 0 Å². The molecule has 0 spiro atoms. The van der Waals surface area contributed by atoms with Crippen molar-refractivity contribution in [3.63, 3.8) is 0 Å². The van der Waals surface area contributed by atoms with E-state index in [9.17, 15) is 9.59 Å². The Morgan fingerprint density at radius 2 is 2.00 bits per heavy atom. The molecule has 1 fully saturated rings. The highest BCUT2D eigenvalue weighted by Crippen LogP contribution is 2.59. The standard InChI is InChI=1S/C10H13ClO3/c1-10(2)6(8(10)9(11)13)4-5-7(12)14-3/h4-6,8H,1-3H3. The summed E-state index contributed by atoms with van der Waals surface area (Å²) in [5, 5.41) is -0.338. The molecule has 0 bridgehead atoms. The molecule has 0 radical (unpaired) electrons. The van der Waals surface area contributed by atoms with E-state index in [-0.39, 0.29) is 22.5 Å². The van der Waals surface area contributed by atoms with Gasteiger partial charge in [-0.1, -0.05) is 19.9 Å². The minimum absolute atomic E-state index is 0.0478. The fourth-order valence-corrected chi connectivity index (χ4v) is 2.14. The molecule has 2 unspecified atom stereocenters. The number of esters is 1. The Labute approximate surface area is 88.1 Å². The molecule has 0 aliphatic heterocycles. The van der Waals surface area contributed by atoms with Gasteiger partial charge in [-0.05, 0) is 22.9 Å². The van der Waals surface area contributed by atoms with Crippen molar-refractivity contribution in [3.05, 3.63) is 12.2 Å². The van der Waals surface area contributed by atoms with Gasteiger partial charge in [-0.3, -0.25) is 4.79 Å². The summed E-state index contributed by atoms with van der Waals surface area (Å²) in [6.45, 7) is 3.90. The zero-order chi connectivity index (χ0) is 10.9. The summed E-state index contributed by atoms with van der Waals surface area (Å²) in [7, 11) is 1.31. The van der Waals surface area contributed by atoms with Crippen molar-refractivity contribution in [1.29, 1.82) is 0 Å². The molecule has 4 heteroatoms. The summed E-state index contributed by atoms with van der Waals surface area (Å²) in [6, 6.07) is 0. The smallest absolute Gasteiger partial charge is 0.330 e. The summed E-state index contributed by atoms with van der Waals surface area (Å²) in [4.78, 5) is 21.8. The molecule has 0 heterocycles. The third-order valence-corrected chi connectivity index (χ3v) is 3.03. The highest BCUT2D eigenvalue weighted by molar-refractivity contribution is 6.64. The van der Waals surface area contributed by atoms with Crippen molar-refractivity contribution in [2.24, 2.45) is 17.3 Å². The van der Waals surface area contributed by atoms with Gasteiger partial charge in [-0.25, -0.2) is 4.79 Å². The van der Waals surface area contributed by atoms with Crippen LogP contribution in [-0.2, 0) is 14.3 Å². The zero-order valence-corrected chi connectivity index (χ0v) is 9.17. The molecule has 14 heavy (non-hydrogen) atoms. The Morgan fingerprint density at radius 3 is 2.36 bits per heavy atom. The van der Waals surface area contributed by atoms with Crippen molar-refractivity contribution in [1.82, 2.24) is 0 Å². The second-order valence-corrected chi connectivity index (χ2v) is 4.38. The maximum Gasteiger partial charge on any atom is 0.330 e. The quantitative estimate of drug-likeness (QED) is 0.410. The Kier molecular flexibility index (Phi) is 3.00. The Balaban J connectivity index is 2.61. The first kappa shape index (κ1) is 11.2. The Hall–Kier alpha value is -0.830. The average molecular weight is 217 g/mol. The van der Waals surface area contributed by atoms with E-state index in [2.05, 4.69) is 4.74 Å². The van der Waals surface area contributed by atoms with Crippen LogP contribution in [0.15, 0.2) is 12.2 Å². The summed E-state index contributed by atoms with van der Waals surface area (Å²) in [6.07, 6.45) is 3.03. The molecular formula is C10H13ClO3. The Morgan fingerprint density at radius 1 is 1.43 bits per heavy atom. The lowest BCUT2D eigenvalue weighted by atomic mass is 10.1. The molecule has 0 aromatic carbocycles. The lowest BCUT2D eigenvalue weighted by Crippen LogP contribution is -1.96. The van der Waals surface area contributed by atoms with Gasteiger partial charge in [-0.15, -0.1) is 0 Å². The number of rotatable bonds is 3. The summed E-state index contributed by atoms with van der Waals surface area (Å²) in [5.41, 5.74) is -0.136. The zero-order valence-electron chi connectivity index (χ0n) is 8.41. The van der Waals surface area contributed by atoms with Gasteiger partial charge in [0.15, 0.2) is 0 Å². The molecule has 1 aliphatic rings. The van der Waals surface area contributed by atoms with Crippen LogP contribution in [0.25, 0.3) is 0 Å². The van der Waals surface area contributed by atoms with Gasteiger partial charge < -0.3 is 4.74 Å². The molecule has 0 amide bonds. The summed E-state index contributed by atoms with van der Waals surface area (Å²) < 4.78 is 4.45. The molecule has 0 saturated heterocycles. The number of hydrogen-bond acceptors (Lipinski definition) is 3. The van der Waals surface area contributed by atoms with Crippen LogP contribution in [0.3, 0.4) is 0 Å². The SMILES string of the molecule is COC(=O)C=CC1C(C(=O)Cl)C1(C)C. The second-order valence-electron chi connectivity index (χ2n) is 4.01. The molecule has 0 aromatic heterocycles. The van der Waals surface area contributed by atoms with Crippen molar-refractivity contribution >= 4 is 22.8 Å². The fourth-order valence-electron chi connectivity index (χ4n) is 1.72. The molecular weight excluding hydrogens is 204 g/mol.